The van der Waals surface area contributed by atoms with Crippen molar-refractivity contribution in [3.8, 4) is 11.1 Å². The van der Waals surface area contributed by atoms with Gasteiger partial charge < -0.3 is 14.6 Å². The van der Waals surface area contributed by atoms with Crippen LogP contribution in [-0.4, -0.2) is 33.0 Å². The van der Waals surface area contributed by atoms with Crippen LogP contribution in [0.15, 0.2) is 89.8 Å². The summed E-state index contributed by atoms with van der Waals surface area (Å²) in [6, 6.07) is 22.0. The number of nitrogens with one attached hydrogen (secondary N) is 1. The zero-order chi connectivity index (χ0) is 23.3. The van der Waals surface area contributed by atoms with E-state index in [1.165, 1.54) is 5.56 Å². The number of carbonyl (C=O) groups excluding carboxylic acids is 2. The number of aromatic nitrogens is 2. The SMILES string of the molecule is O=C(NCc1ccccc1-c1ccc(Cn2cccn2)cc1)C1CC(=O)N(Cc2ccco2)C1. The van der Waals surface area contributed by atoms with E-state index in [4.69, 9.17) is 4.42 Å². The van der Waals surface area contributed by atoms with Crippen LogP contribution in [0.3, 0.4) is 0 Å². The molecular weight excluding hydrogens is 428 g/mol. The van der Waals surface area contributed by atoms with Crippen molar-refractivity contribution in [2.45, 2.75) is 26.1 Å². The van der Waals surface area contributed by atoms with E-state index in [-0.39, 0.29) is 24.2 Å². The van der Waals surface area contributed by atoms with E-state index in [0.29, 0.717) is 19.6 Å². The zero-order valence-corrected chi connectivity index (χ0v) is 18.8. The maximum Gasteiger partial charge on any atom is 0.225 e. The second-order valence-corrected chi connectivity index (χ2v) is 8.53. The summed E-state index contributed by atoms with van der Waals surface area (Å²) in [5, 5.41) is 7.29. The van der Waals surface area contributed by atoms with Gasteiger partial charge in [-0.3, -0.25) is 14.3 Å². The Kier molecular flexibility index (Phi) is 6.25. The maximum atomic E-state index is 12.8. The van der Waals surface area contributed by atoms with Crippen molar-refractivity contribution in [2.75, 3.05) is 6.54 Å². The number of rotatable bonds is 8. The first-order valence-corrected chi connectivity index (χ1v) is 11.4. The van der Waals surface area contributed by atoms with Gasteiger partial charge in [0.1, 0.15) is 5.76 Å². The maximum absolute atomic E-state index is 12.8. The van der Waals surface area contributed by atoms with Gasteiger partial charge in [-0.15, -0.1) is 0 Å². The van der Waals surface area contributed by atoms with Crippen LogP contribution in [0.1, 0.15) is 23.3 Å². The molecule has 1 aliphatic rings. The van der Waals surface area contributed by atoms with E-state index in [9.17, 15) is 9.59 Å². The van der Waals surface area contributed by atoms with Crippen molar-refractivity contribution in [3.05, 3.63) is 102 Å². The smallest absolute Gasteiger partial charge is 0.225 e. The molecule has 0 bridgehead atoms. The molecule has 34 heavy (non-hydrogen) atoms. The molecule has 4 aromatic rings. The van der Waals surface area contributed by atoms with Crippen LogP contribution in [0.25, 0.3) is 11.1 Å². The fourth-order valence-electron chi connectivity index (χ4n) is 4.34. The predicted molar refractivity (Wildman–Crippen MR) is 127 cm³/mol. The van der Waals surface area contributed by atoms with Crippen molar-refractivity contribution in [1.82, 2.24) is 20.0 Å². The minimum Gasteiger partial charge on any atom is -0.467 e. The molecule has 1 N–H and O–H groups in total. The highest BCUT2D eigenvalue weighted by Crippen LogP contribution is 2.25. The molecule has 0 saturated carbocycles. The molecule has 0 radical (unpaired) electrons. The minimum atomic E-state index is -0.351. The Morgan fingerprint density at radius 1 is 1.03 bits per heavy atom. The van der Waals surface area contributed by atoms with Crippen molar-refractivity contribution < 1.29 is 14.0 Å². The normalized spacial score (nSPS) is 15.6. The first-order chi connectivity index (χ1) is 16.7. The lowest BCUT2D eigenvalue weighted by Gasteiger charge is -2.16. The number of likely N-dealkylation sites (tertiary alicyclic amines) is 1. The standard InChI is InChI=1S/C27H26N4O3/c32-26-15-23(18-30(26)19-24-6-3-14-34-24)27(33)28-16-22-5-1-2-7-25(22)21-10-8-20(9-11-21)17-31-13-4-12-29-31/h1-14,23H,15-19H2,(H,28,33). The monoisotopic (exact) mass is 454 g/mol. The molecule has 2 aromatic heterocycles. The third-order valence-corrected chi connectivity index (χ3v) is 6.15. The van der Waals surface area contributed by atoms with Gasteiger partial charge in [-0.2, -0.15) is 5.10 Å². The van der Waals surface area contributed by atoms with Gasteiger partial charge in [0.25, 0.3) is 0 Å². The van der Waals surface area contributed by atoms with Gasteiger partial charge in [0.05, 0.1) is 25.3 Å². The Morgan fingerprint density at radius 2 is 1.88 bits per heavy atom. The predicted octanol–water partition coefficient (Wildman–Crippen LogP) is 3.86. The van der Waals surface area contributed by atoms with Crippen LogP contribution >= 0.6 is 0 Å². The van der Waals surface area contributed by atoms with Crippen LogP contribution in [0.2, 0.25) is 0 Å². The summed E-state index contributed by atoms with van der Waals surface area (Å²) in [4.78, 5) is 26.9. The summed E-state index contributed by atoms with van der Waals surface area (Å²) < 4.78 is 7.23. The molecular formula is C27H26N4O3. The van der Waals surface area contributed by atoms with E-state index in [1.54, 1.807) is 23.4 Å². The average molecular weight is 455 g/mol. The number of hydrogen-bond donors (Lipinski definition) is 1. The van der Waals surface area contributed by atoms with Crippen LogP contribution in [0, 0.1) is 5.92 Å². The molecule has 7 heteroatoms. The number of hydrogen-bond acceptors (Lipinski definition) is 4. The van der Waals surface area contributed by atoms with Crippen molar-refractivity contribution >= 4 is 11.8 Å². The van der Waals surface area contributed by atoms with Crippen LogP contribution in [0.4, 0.5) is 0 Å². The highest BCUT2D eigenvalue weighted by atomic mass is 16.3. The summed E-state index contributed by atoms with van der Waals surface area (Å²) in [5.74, 6) is 0.252. The largest absolute Gasteiger partial charge is 0.467 e. The Balaban J connectivity index is 1.21. The fraction of sp³-hybridized carbons (Fsp3) is 0.222. The lowest BCUT2D eigenvalue weighted by atomic mass is 9.98. The molecule has 3 heterocycles. The van der Waals surface area contributed by atoms with Crippen molar-refractivity contribution in [2.24, 2.45) is 5.92 Å². The lowest BCUT2D eigenvalue weighted by Crippen LogP contribution is -2.32. The van der Waals surface area contributed by atoms with Crippen LogP contribution < -0.4 is 5.32 Å². The Morgan fingerprint density at radius 3 is 2.65 bits per heavy atom. The van der Waals surface area contributed by atoms with E-state index < -0.39 is 0 Å². The molecule has 0 aliphatic carbocycles. The minimum absolute atomic E-state index is 0.0212. The van der Waals surface area contributed by atoms with E-state index in [1.807, 2.05) is 41.2 Å². The molecule has 1 fully saturated rings. The number of benzene rings is 2. The first kappa shape index (κ1) is 21.7. The molecule has 1 atom stereocenters. The Labute approximate surface area is 198 Å². The topological polar surface area (TPSA) is 80.4 Å². The summed E-state index contributed by atoms with van der Waals surface area (Å²) in [7, 11) is 0. The second-order valence-electron chi connectivity index (χ2n) is 8.53. The third kappa shape index (κ3) is 4.93. The second kappa shape index (κ2) is 9.79. The van der Waals surface area contributed by atoms with Gasteiger partial charge in [0.15, 0.2) is 0 Å². The van der Waals surface area contributed by atoms with E-state index in [0.717, 1.165) is 29.0 Å². The van der Waals surface area contributed by atoms with Crippen molar-refractivity contribution in [3.63, 3.8) is 0 Å². The molecule has 1 saturated heterocycles. The highest BCUT2D eigenvalue weighted by Gasteiger charge is 2.34. The number of furan rings is 1. The summed E-state index contributed by atoms with van der Waals surface area (Å²) in [5.41, 5.74) is 4.38. The molecule has 7 nitrogen and oxygen atoms in total. The number of carbonyl (C=O) groups is 2. The highest BCUT2D eigenvalue weighted by molar-refractivity contribution is 5.89. The Bertz CT molecular complexity index is 1250. The molecule has 1 unspecified atom stereocenters. The van der Waals surface area contributed by atoms with Crippen LogP contribution in [-0.2, 0) is 29.2 Å². The fourth-order valence-corrected chi connectivity index (χ4v) is 4.34. The van der Waals surface area contributed by atoms with Gasteiger partial charge >= 0.3 is 0 Å². The van der Waals surface area contributed by atoms with Gasteiger partial charge in [0.2, 0.25) is 11.8 Å². The van der Waals surface area contributed by atoms with Crippen molar-refractivity contribution in [1.29, 1.82) is 0 Å². The van der Waals surface area contributed by atoms with Gasteiger partial charge in [-0.05, 0) is 40.5 Å². The van der Waals surface area contributed by atoms with E-state index in [2.05, 4.69) is 40.7 Å². The summed E-state index contributed by atoms with van der Waals surface area (Å²) >= 11 is 0. The number of amides is 2. The molecule has 2 amide bonds. The molecule has 5 rings (SSSR count). The quantitative estimate of drug-likeness (QED) is 0.439. The first-order valence-electron chi connectivity index (χ1n) is 11.4. The summed E-state index contributed by atoms with van der Waals surface area (Å²) in [6.07, 6.45) is 5.54. The lowest BCUT2D eigenvalue weighted by molar-refractivity contribution is -0.129. The molecule has 172 valence electrons. The Hall–Kier alpha value is -4.13. The average Bonchev–Trinajstić information content (AvgIpc) is 3.63. The third-order valence-electron chi connectivity index (χ3n) is 6.15. The van der Waals surface area contributed by atoms with E-state index >= 15 is 0 Å². The zero-order valence-electron chi connectivity index (χ0n) is 18.8. The van der Waals surface area contributed by atoms with Gasteiger partial charge in [-0.1, -0.05) is 48.5 Å². The summed E-state index contributed by atoms with van der Waals surface area (Å²) in [6.45, 7) is 1.94. The number of nitrogens with zero attached hydrogens (tertiary/aromatic N) is 3. The van der Waals surface area contributed by atoms with Gasteiger partial charge in [0, 0.05) is 31.9 Å². The molecule has 2 aromatic carbocycles. The van der Waals surface area contributed by atoms with Gasteiger partial charge in [-0.25, -0.2) is 0 Å². The molecule has 1 aliphatic heterocycles. The van der Waals surface area contributed by atoms with Crippen LogP contribution in [0.5, 0.6) is 0 Å². The molecule has 0 spiro atoms.